The minimum atomic E-state index is -1.06. The second-order valence-corrected chi connectivity index (χ2v) is 4.69. The van der Waals surface area contributed by atoms with Crippen LogP contribution in [-0.2, 0) is 4.79 Å². The molecule has 1 aromatic rings. The zero-order valence-corrected chi connectivity index (χ0v) is 11.7. The number of nitro groups is 1. The highest BCUT2D eigenvalue weighted by molar-refractivity contribution is 5.73. The number of nitrogens with zero attached hydrogens (tertiary/aromatic N) is 1. The minimum absolute atomic E-state index is 0.0473. The van der Waals surface area contributed by atoms with Gasteiger partial charge in [-0.25, -0.2) is 4.39 Å². The molecule has 0 saturated heterocycles. The first kappa shape index (κ1) is 16.8. The maximum absolute atomic E-state index is 13.5. The maximum Gasteiger partial charge on any atom is 0.320 e. The van der Waals surface area contributed by atoms with Gasteiger partial charge in [0.05, 0.1) is 11.5 Å². The summed E-state index contributed by atoms with van der Waals surface area (Å²) in [6.07, 6.45) is 0.0546. The van der Waals surface area contributed by atoms with Gasteiger partial charge >= 0.3 is 11.7 Å². The summed E-state index contributed by atoms with van der Waals surface area (Å²) in [4.78, 5) is 21.0. The smallest absolute Gasteiger partial charge is 0.320 e. The number of hydrogen-bond acceptors (Lipinski definition) is 5. The van der Waals surface area contributed by atoms with E-state index in [1.807, 2.05) is 0 Å². The monoisotopic (exact) mass is 300 g/mol. The predicted molar refractivity (Wildman–Crippen MR) is 72.9 cm³/mol. The Morgan fingerprint density at radius 3 is 2.71 bits per heavy atom. The van der Waals surface area contributed by atoms with Crippen LogP contribution in [0.5, 0.6) is 5.75 Å². The highest BCUT2D eigenvalue weighted by atomic mass is 19.1. The first-order valence-electron chi connectivity index (χ1n) is 6.37. The number of nitro benzene ring substituents is 1. The molecule has 0 aromatic heterocycles. The number of ether oxygens (including phenoxy) is 1. The molecule has 0 amide bonds. The van der Waals surface area contributed by atoms with Gasteiger partial charge in [0.15, 0.2) is 5.82 Å². The fourth-order valence-electron chi connectivity index (χ4n) is 1.74. The van der Waals surface area contributed by atoms with Crippen LogP contribution in [0.4, 0.5) is 10.1 Å². The van der Waals surface area contributed by atoms with E-state index in [-0.39, 0.29) is 19.1 Å². The summed E-state index contributed by atoms with van der Waals surface area (Å²) < 4.78 is 18.6. The van der Waals surface area contributed by atoms with E-state index in [1.54, 1.807) is 13.8 Å². The number of aliphatic carboxylic acids is 1. The SMILES string of the molecule is CC(C)NC(CCOc1c(F)cccc1[N+](=O)[O-])C(=O)O. The average molecular weight is 300 g/mol. The number of nitrogens with one attached hydrogen (secondary N) is 1. The number of rotatable bonds is 8. The normalized spacial score (nSPS) is 12.2. The molecule has 0 saturated carbocycles. The quantitative estimate of drug-likeness (QED) is 0.562. The third kappa shape index (κ3) is 4.99. The number of benzene rings is 1. The van der Waals surface area contributed by atoms with E-state index in [0.29, 0.717) is 0 Å². The summed E-state index contributed by atoms with van der Waals surface area (Å²) in [5.41, 5.74) is -0.487. The molecule has 0 heterocycles. The van der Waals surface area contributed by atoms with E-state index in [4.69, 9.17) is 9.84 Å². The van der Waals surface area contributed by atoms with Gasteiger partial charge < -0.3 is 15.2 Å². The molecule has 21 heavy (non-hydrogen) atoms. The molecule has 0 spiro atoms. The van der Waals surface area contributed by atoms with Gasteiger partial charge in [0.2, 0.25) is 5.75 Å². The van der Waals surface area contributed by atoms with E-state index in [1.165, 1.54) is 6.07 Å². The van der Waals surface area contributed by atoms with Gasteiger partial charge in [0.1, 0.15) is 6.04 Å². The summed E-state index contributed by atoms with van der Waals surface area (Å²) in [6, 6.07) is 2.47. The van der Waals surface area contributed by atoms with Gasteiger partial charge in [-0.2, -0.15) is 0 Å². The molecule has 1 rings (SSSR count). The topological polar surface area (TPSA) is 102 Å². The van der Waals surface area contributed by atoms with E-state index >= 15 is 0 Å². The Morgan fingerprint density at radius 2 is 2.19 bits per heavy atom. The number of carboxylic acids is 1. The maximum atomic E-state index is 13.5. The number of carbonyl (C=O) groups is 1. The number of halogens is 1. The van der Waals surface area contributed by atoms with E-state index in [9.17, 15) is 19.3 Å². The van der Waals surface area contributed by atoms with Gasteiger partial charge in [-0.05, 0) is 6.07 Å². The summed E-state index contributed by atoms with van der Waals surface area (Å²) >= 11 is 0. The molecule has 1 atom stereocenters. The second kappa shape index (κ2) is 7.53. The van der Waals surface area contributed by atoms with Crippen LogP contribution in [0.1, 0.15) is 20.3 Å². The van der Waals surface area contributed by atoms with Crippen molar-refractivity contribution < 1.29 is 24.0 Å². The summed E-state index contributed by atoms with van der Waals surface area (Å²) in [5.74, 6) is -2.39. The van der Waals surface area contributed by atoms with Crippen LogP contribution in [0.25, 0.3) is 0 Å². The molecule has 0 aliphatic rings. The lowest BCUT2D eigenvalue weighted by atomic mass is 10.2. The predicted octanol–water partition coefficient (Wildman–Crippen LogP) is 1.95. The fourth-order valence-corrected chi connectivity index (χ4v) is 1.74. The molecule has 0 aliphatic carbocycles. The molecule has 7 nitrogen and oxygen atoms in total. The first-order valence-corrected chi connectivity index (χ1v) is 6.37. The highest BCUT2D eigenvalue weighted by Crippen LogP contribution is 2.29. The average Bonchev–Trinajstić information content (AvgIpc) is 2.38. The Bertz CT molecular complexity index is 521. The summed E-state index contributed by atoms with van der Waals surface area (Å²) in [5, 5.41) is 22.6. The molecule has 0 fully saturated rings. The van der Waals surface area contributed by atoms with Crippen molar-refractivity contribution in [2.75, 3.05) is 6.61 Å². The van der Waals surface area contributed by atoms with Crippen LogP contribution in [0, 0.1) is 15.9 Å². The molecule has 1 aromatic carbocycles. The van der Waals surface area contributed by atoms with Crippen LogP contribution >= 0.6 is 0 Å². The lowest BCUT2D eigenvalue weighted by Crippen LogP contribution is -2.41. The minimum Gasteiger partial charge on any atom is -0.485 e. The molecule has 0 aliphatic heterocycles. The third-order valence-electron chi connectivity index (χ3n) is 2.63. The van der Waals surface area contributed by atoms with Crippen LogP contribution in [0.3, 0.4) is 0 Å². The Hall–Kier alpha value is -2.22. The highest BCUT2D eigenvalue weighted by Gasteiger charge is 2.22. The Kier molecular flexibility index (Phi) is 6.04. The van der Waals surface area contributed by atoms with Gasteiger partial charge in [0.25, 0.3) is 0 Å². The van der Waals surface area contributed by atoms with Crippen molar-refractivity contribution in [3.8, 4) is 5.75 Å². The number of carboxylic acid groups (broad SMARTS) is 1. The molecule has 116 valence electrons. The van der Waals surface area contributed by atoms with Crippen molar-refractivity contribution in [2.45, 2.75) is 32.4 Å². The fraction of sp³-hybridized carbons (Fsp3) is 0.462. The Balaban J connectivity index is 2.71. The lowest BCUT2D eigenvalue weighted by Gasteiger charge is -2.17. The second-order valence-electron chi connectivity index (χ2n) is 4.69. The van der Waals surface area contributed by atoms with Gasteiger partial charge in [-0.15, -0.1) is 0 Å². The van der Waals surface area contributed by atoms with E-state index in [0.717, 1.165) is 12.1 Å². The van der Waals surface area contributed by atoms with Gasteiger partial charge in [-0.1, -0.05) is 19.9 Å². The molecular weight excluding hydrogens is 283 g/mol. The van der Waals surface area contributed by atoms with Gasteiger partial charge in [-0.3, -0.25) is 14.9 Å². The van der Waals surface area contributed by atoms with Gasteiger partial charge in [0, 0.05) is 18.5 Å². The third-order valence-corrected chi connectivity index (χ3v) is 2.63. The van der Waals surface area contributed by atoms with Crippen LogP contribution in [0.2, 0.25) is 0 Å². The molecule has 1 unspecified atom stereocenters. The van der Waals surface area contributed by atoms with E-state index < -0.39 is 34.2 Å². The van der Waals surface area contributed by atoms with Crippen molar-refractivity contribution in [1.29, 1.82) is 0 Å². The molecule has 0 bridgehead atoms. The molecule has 2 N–H and O–H groups in total. The number of para-hydroxylation sites is 1. The lowest BCUT2D eigenvalue weighted by molar-refractivity contribution is -0.386. The molecular formula is C13H17FN2O5. The first-order chi connectivity index (χ1) is 9.82. The Labute approximate surface area is 120 Å². The molecule has 0 radical (unpaired) electrons. The van der Waals surface area contributed by atoms with Crippen LogP contribution in [-0.4, -0.2) is 34.7 Å². The summed E-state index contributed by atoms with van der Waals surface area (Å²) in [7, 11) is 0. The van der Waals surface area contributed by atoms with Crippen molar-refractivity contribution in [3.05, 3.63) is 34.1 Å². The van der Waals surface area contributed by atoms with Crippen molar-refractivity contribution in [2.24, 2.45) is 0 Å². The zero-order valence-electron chi connectivity index (χ0n) is 11.7. The van der Waals surface area contributed by atoms with E-state index in [2.05, 4.69) is 5.32 Å². The summed E-state index contributed by atoms with van der Waals surface area (Å²) in [6.45, 7) is 3.43. The van der Waals surface area contributed by atoms with Crippen molar-refractivity contribution in [1.82, 2.24) is 5.32 Å². The van der Waals surface area contributed by atoms with Crippen molar-refractivity contribution in [3.63, 3.8) is 0 Å². The van der Waals surface area contributed by atoms with Crippen LogP contribution < -0.4 is 10.1 Å². The van der Waals surface area contributed by atoms with Crippen LogP contribution in [0.15, 0.2) is 18.2 Å². The largest absolute Gasteiger partial charge is 0.485 e. The standard InChI is InChI=1S/C13H17FN2O5/c1-8(2)15-10(13(17)18)6-7-21-12-9(14)4-3-5-11(12)16(19)20/h3-5,8,10,15H,6-7H2,1-2H3,(H,17,18). The zero-order chi connectivity index (χ0) is 16.0. The molecule has 8 heteroatoms. The van der Waals surface area contributed by atoms with Crippen molar-refractivity contribution >= 4 is 11.7 Å². The number of hydrogen-bond donors (Lipinski definition) is 2. The Morgan fingerprint density at radius 1 is 1.52 bits per heavy atom.